The molecule has 0 rings (SSSR count). The zero-order valence-corrected chi connectivity index (χ0v) is 8.54. The number of carboxylic acid groups (broad SMARTS) is 2. The molecule has 4 nitrogen and oxygen atoms in total. The lowest BCUT2D eigenvalue weighted by Crippen LogP contribution is -1.97. The molecule has 0 unspecified atom stereocenters. The van der Waals surface area contributed by atoms with E-state index in [-0.39, 0.29) is 5.57 Å². The third-order valence-corrected chi connectivity index (χ3v) is 1.22. The molecule has 80 valence electrons. The van der Waals surface area contributed by atoms with Crippen molar-refractivity contribution < 1.29 is 19.8 Å². The van der Waals surface area contributed by atoms with E-state index in [1.165, 1.54) is 6.92 Å². The van der Waals surface area contributed by atoms with Crippen molar-refractivity contribution >= 4 is 11.9 Å². The molecule has 4 heteroatoms. The summed E-state index contributed by atoms with van der Waals surface area (Å²) in [5, 5.41) is 16.1. The van der Waals surface area contributed by atoms with E-state index in [2.05, 4.69) is 13.2 Å². The first kappa shape index (κ1) is 14.9. The molecule has 2 N–H and O–H groups in total. The molecule has 0 aliphatic heterocycles. The molecule has 0 atom stereocenters. The summed E-state index contributed by atoms with van der Waals surface area (Å²) in [6, 6.07) is 0. The van der Waals surface area contributed by atoms with Crippen LogP contribution in [-0.4, -0.2) is 22.2 Å². The van der Waals surface area contributed by atoms with Gasteiger partial charge in [-0.15, -0.1) is 0 Å². The van der Waals surface area contributed by atoms with Crippen LogP contribution in [0.2, 0.25) is 0 Å². The van der Waals surface area contributed by atoms with Gasteiger partial charge in [0, 0.05) is 11.1 Å². The summed E-state index contributed by atoms with van der Waals surface area (Å²) >= 11 is 0. The molecule has 0 saturated carbocycles. The van der Waals surface area contributed by atoms with Gasteiger partial charge in [0.15, 0.2) is 0 Å². The van der Waals surface area contributed by atoms with Gasteiger partial charge in [-0.2, -0.15) is 0 Å². The van der Waals surface area contributed by atoms with Crippen molar-refractivity contribution in [3.63, 3.8) is 0 Å². The molecule has 0 heterocycles. The molecule has 0 aliphatic carbocycles. The molecule has 0 amide bonds. The Labute approximate surface area is 83.6 Å². The van der Waals surface area contributed by atoms with Gasteiger partial charge in [-0.1, -0.05) is 26.5 Å². The Balaban J connectivity index is 0. The fourth-order valence-corrected chi connectivity index (χ4v) is 0.409. The first-order valence-electron chi connectivity index (χ1n) is 4.12. The molecule has 0 aromatic carbocycles. The van der Waals surface area contributed by atoms with Gasteiger partial charge in [-0.25, -0.2) is 9.59 Å². The lowest BCUT2D eigenvalue weighted by molar-refractivity contribution is -0.133. The zero-order valence-electron chi connectivity index (χ0n) is 8.54. The van der Waals surface area contributed by atoms with Crippen LogP contribution in [0.25, 0.3) is 0 Å². The Morgan fingerprint density at radius 2 is 1.50 bits per heavy atom. The lowest BCUT2D eigenvalue weighted by Gasteiger charge is -1.92. The average molecular weight is 200 g/mol. The summed E-state index contributed by atoms with van der Waals surface area (Å²) in [5.41, 5.74) is 0.475. The van der Waals surface area contributed by atoms with Gasteiger partial charge in [-0.3, -0.25) is 0 Å². The fourth-order valence-electron chi connectivity index (χ4n) is 0.409. The van der Waals surface area contributed by atoms with Crippen LogP contribution < -0.4 is 0 Å². The van der Waals surface area contributed by atoms with Crippen molar-refractivity contribution in [2.45, 2.75) is 26.7 Å². The van der Waals surface area contributed by atoms with Crippen molar-refractivity contribution in [3.05, 3.63) is 24.3 Å². The summed E-state index contributed by atoms with van der Waals surface area (Å²) in [4.78, 5) is 19.6. The Morgan fingerprint density at radius 3 is 1.57 bits per heavy atom. The summed E-state index contributed by atoms with van der Waals surface area (Å²) in [5.74, 6) is -1.82. The van der Waals surface area contributed by atoms with Crippen LogP contribution in [0.15, 0.2) is 24.3 Å². The number of carbonyl (C=O) groups is 2. The van der Waals surface area contributed by atoms with Crippen molar-refractivity contribution in [3.8, 4) is 0 Å². The molecule has 0 bridgehead atoms. The van der Waals surface area contributed by atoms with Gasteiger partial charge >= 0.3 is 11.9 Å². The molecule has 0 saturated heterocycles. The molecule has 0 aliphatic rings. The second-order valence-electron chi connectivity index (χ2n) is 2.74. The summed E-state index contributed by atoms with van der Waals surface area (Å²) in [7, 11) is 0. The predicted octanol–water partition coefficient (Wildman–Crippen LogP) is 2.07. The number of carboxylic acids is 2. The van der Waals surface area contributed by atoms with E-state index >= 15 is 0 Å². The summed E-state index contributed by atoms with van der Waals surface area (Å²) in [6.45, 7) is 9.87. The maximum Gasteiger partial charge on any atom is 0.330 e. The Morgan fingerprint density at radius 1 is 1.14 bits per heavy atom. The van der Waals surface area contributed by atoms with E-state index in [1.54, 1.807) is 0 Å². The topological polar surface area (TPSA) is 74.6 Å². The van der Waals surface area contributed by atoms with Crippen LogP contribution in [-0.2, 0) is 9.59 Å². The van der Waals surface area contributed by atoms with Crippen LogP contribution in [0.1, 0.15) is 26.7 Å². The van der Waals surface area contributed by atoms with Gasteiger partial charge in [0.25, 0.3) is 0 Å². The van der Waals surface area contributed by atoms with E-state index in [4.69, 9.17) is 10.2 Å². The Hall–Kier alpha value is -1.58. The third-order valence-electron chi connectivity index (χ3n) is 1.22. The van der Waals surface area contributed by atoms with Crippen LogP contribution in [0.4, 0.5) is 0 Å². The first-order chi connectivity index (χ1) is 6.32. The number of hydrogen-bond donors (Lipinski definition) is 2. The highest BCUT2D eigenvalue weighted by atomic mass is 16.4. The predicted molar refractivity (Wildman–Crippen MR) is 54.1 cm³/mol. The standard InChI is InChI=1S/C6H10O2.C4H6O2/c1-3-4-5(2)6(7)8;1-3(2)4(5)6/h2-4H2,1H3,(H,7,8);1H2,2H3,(H,5,6). The monoisotopic (exact) mass is 200 g/mol. The van der Waals surface area contributed by atoms with Crippen LogP contribution in [0.5, 0.6) is 0 Å². The first-order valence-corrected chi connectivity index (χ1v) is 4.12. The average Bonchev–Trinajstić information content (AvgIpc) is 2.05. The van der Waals surface area contributed by atoms with E-state index in [1.807, 2.05) is 6.92 Å². The van der Waals surface area contributed by atoms with E-state index in [9.17, 15) is 9.59 Å². The van der Waals surface area contributed by atoms with Crippen molar-refractivity contribution in [2.24, 2.45) is 0 Å². The zero-order chi connectivity index (χ0) is 11.7. The SMILES string of the molecule is C=C(C)C(=O)O.C=C(CCC)C(=O)O. The van der Waals surface area contributed by atoms with Gasteiger partial charge < -0.3 is 10.2 Å². The van der Waals surface area contributed by atoms with Crippen molar-refractivity contribution in [1.29, 1.82) is 0 Å². The van der Waals surface area contributed by atoms with Crippen LogP contribution in [0, 0.1) is 0 Å². The Bertz CT molecular complexity index is 229. The highest BCUT2D eigenvalue weighted by molar-refractivity contribution is 5.85. The fraction of sp³-hybridized carbons (Fsp3) is 0.400. The van der Waals surface area contributed by atoms with Gasteiger partial charge in [0.2, 0.25) is 0 Å². The quantitative estimate of drug-likeness (QED) is 0.681. The van der Waals surface area contributed by atoms with Gasteiger partial charge in [0.05, 0.1) is 0 Å². The second kappa shape index (κ2) is 8.04. The van der Waals surface area contributed by atoms with E-state index in [0.29, 0.717) is 12.0 Å². The smallest absolute Gasteiger partial charge is 0.330 e. The maximum atomic E-state index is 9.99. The number of rotatable bonds is 4. The second-order valence-corrected chi connectivity index (χ2v) is 2.74. The highest BCUT2D eigenvalue weighted by Gasteiger charge is 1.99. The lowest BCUT2D eigenvalue weighted by atomic mass is 10.2. The third kappa shape index (κ3) is 10.4. The molecule has 0 aromatic heterocycles. The molecular weight excluding hydrogens is 184 g/mol. The van der Waals surface area contributed by atoms with Crippen LogP contribution >= 0.6 is 0 Å². The van der Waals surface area contributed by atoms with E-state index in [0.717, 1.165) is 6.42 Å². The highest BCUT2D eigenvalue weighted by Crippen LogP contribution is 1.99. The molecule has 0 spiro atoms. The minimum atomic E-state index is -0.935. The molecular formula is C10H16O4. The van der Waals surface area contributed by atoms with Gasteiger partial charge in [-0.05, 0) is 13.3 Å². The van der Waals surface area contributed by atoms with Crippen molar-refractivity contribution in [1.82, 2.24) is 0 Å². The Kier molecular flexibility index (Phi) is 8.57. The molecule has 0 radical (unpaired) electrons. The number of aliphatic carboxylic acids is 2. The minimum Gasteiger partial charge on any atom is -0.478 e. The summed E-state index contributed by atoms with van der Waals surface area (Å²) in [6.07, 6.45) is 1.44. The molecule has 14 heavy (non-hydrogen) atoms. The molecule has 0 aromatic rings. The van der Waals surface area contributed by atoms with E-state index < -0.39 is 11.9 Å². The summed E-state index contributed by atoms with van der Waals surface area (Å²) < 4.78 is 0. The maximum absolute atomic E-state index is 9.99. The molecule has 0 fully saturated rings. The number of hydrogen-bond acceptors (Lipinski definition) is 2. The largest absolute Gasteiger partial charge is 0.478 e. The normalized spacial score (nSPS) is 8.14. The van der Waals surface area contributed by atoms with Crippen molar-refractivity contribution in [2.75, 3.05) is 0 Å². The van der Waals surface area contributed by atoms with Crippen LogP contribution in [0.3, 0.4) is 0 Å². The van der Waals surface area contributed by atoms with Gasteiger partial charge in [0.1, 0.15) is 0 Å². The minimum absolute atomic E-state index is 0.176.